The van der Waals surface area contributed by atoms with Gasteiger partial charge in [-0.2, -0.15) is 8.42 Å². The number of carbonyl (C=O) groups is 1. The zero-order valence-electron chi connectivity index (χ0n) is 13.3. The van der Waals surface area contributed by atoms with Crippen LogP contribution in [0.5, 0.6) is 17.2 Å². The zero-order chi connectivity index (χ0) is 18.1. The van der Waals surface area contributed by atoms with Crippen LogP contribution in [0.15, 0.2) is 41.3 Å². The van der Waals surface area contributed by atoms with Crippen LogP contribution in [0.3, 0.4) is 0 Å². The molecule has 2 aromatic rings. The molecule has 0 aliphatic heterocycles. The number of aromatic hydroxyl groups is 2. The first-order valence-corrected chi connectivity index (χ1v) is 8.31. The second-order valence-electron chi connectivity index (χ2n) is 5.39. The van der Waals surface area contributed by atoms with Gasteiger partial charge < -0.3 is 19.3 Å². The highest BCUT2D eigenvalue weighted by Gasteiger charge is 2.22. The summed E-state index contributed by atoms with van der Waals surface area (Å²) < 4.78 is 29.5. The molecule has 1 amide bonds. The number of nitrogens with zero attached hydrogens (tertiary/aromatic N) is 1. The van der Waals surface area contributed by atoms with E-state index in [0.29, 0.717) is 0 Å². The number of phenolic OH excluding ortho intramolecular Hbond substituents is 2. The number of phenols is 2. The van der Waals surface area contributed by atoms with Crippen LogP contribution < -0.4 is 4.18 Å². The third-order valence-electron chi connectivity index (χ3n) is 3.22. The third kappa shape index (κ3) is 3.60. The van der Waals surface area contributed by atoms with Crippen LogP contribution in [0.25, 0.3) is 0 Å². The molecule has 24 heavy (non-hydrogen) atoms. The van der Waals surface area contributed by atoms with Gasteiger partial charge in [0.2, 0.25) is 5.75 Å². The van der Waals surface area contributed by atoms with Gasteiger partial charge in [0.15, 0.2) is 11.5 Å². The topological polar surface area (TPSA) is 104 Å². The molecule has 0 aromatic heterocycles. The number of amides is 1. The summed E-state index contributed by atoms with van der Waals surface area (Å²) in [5.74, 6) is -2.43. The first-order valence-electron chi connectivity index (χ1n) is 6.90. The smallest absolute Gasteiger partial charge is 0.339 e. The van der Waals surface area contributed by atoms with E-state index in [1.165, 1.54) is 31.1 Å². The molecule has 0 saturated heterocycles. The fourth-order valence-electron chi connectivity index (χ4n) is 1.91. The number of benzene rings is 2. The summed E-state index contributed by atoms with van der Waals surface area (Å²) in [6, 6.07) is 8.00. The van der Waals surface area contributed by atoms with Crippen LogP contribution in [-0.2, 0) is 10.1 Å². The van der Waals surface area contributed by atoms with Crippen LogP contribution >= 0.6 is 0 Å². The van der Waals surface area contributed by atoms with Crippen molar-refractivity contribution in [2.45, 2.75) is 11.8 Å². The van der Waals surface area contributed by atoms with Crippen molar-refractivity contribution in [1.29, 1.82) is 0 Å². The second kappa shape index (κ2) is 6.40. The normalized spacial score (nSPS) is 11.1. The second-order valence-corrected chi connectivity index (χ2v) is 6.94. The van der Waals surface area contributed by atoms with E-state index in [0.717, 1.165) is 17.7 Å². The molecule has 0 atom stereocenters. The Balaban J connectivity index is 2.45. The van der Waals surface area contributed by atoms with Crippen molar-refractivity contribution in [3.05, 3.63) is 47.5 Å². The van der Waals surface area contributed by atoms with Crippen LogP contribution in [0, 0.1) is 6.92 Å². The molecule has 0 heterocycles. The van der Waals surface area contributed by atoms with Crippen molar-refractivity contribution >= 4 is 16.0 Å². The number of aryl methyl sites for hydroxylation is 1. The number of hydrogen-bond donors (Lipinski definition) is 2. The van der Waals surface area contributed by atoms with Crippen molar-refractivity contribution in [2.24, 2.45) is 0 Å². The lowest BCUT2D eigenvalue weighted by atomic mass is 10.1. The van der Waals surface area contributed by atoms with Crippen LogP contribution in [-0.4, -0.2) is 43.5 Å². The number of carbonyl (C=O) groups excluding carboxylic acids is 1. The fraction of sp³-hybridized carbons (Fsp3) is 0.188. The average molecular weight is 351 g/mol. The maximum Gasteiger partial charge on any atom is 0.339 e. The molecule has 128 valence electrons. The molecule has 2 N–H and O–H groups in total. The van der Waals surface area contributed by atoms with Crippen molar-refractivity contribution in [1.82, 2.24) is 4.90 Å². The molecule has 0 bridgehead atoms. The van der Waals surface area contributed by atoms with E-state index in [9.17, 15) is 23.4 Å². The molecule has 8 heteroatoms. The maximum absolute atomic E-state index is 12.3. The third-order valence-corrected chi connectivity index (χ3v) is 4.47. The summed E-state index contributed by atoms with van der Waals surface area (Å²) >= 11 is 0. The lowest BCUT2D eigenvalue weighted by molar-refractivity contribution is 0.0827. The molecule has 0 aliphatic rings. The predicted molar refractivity (Wildman–Crippen MR) is 86.8 cm³/mol. The quantitative estimate of drug-likeness (QED) is 0.644. The SMILES string of the molecule is Cc1ccc(S(=O)(=O)Oc2cc(C(=O)N(C)C)cc(O)c2O)cc1. The predicted octanol–water partition coefficient (Wildman–Crippen LogP) is 1.88. The van der Waals surface area contributed by atoms with Crippen molar-refractivity contribution < 1.29 is 27.6 Å². The van der Waals surface area contributed by atoms with E-state index in [1.807, 2.05) is 0 Å². The van der Waals surface area contributed by atoms with Gasteiger partial charge in [-0.15, -0.1) is 0 Å². The van der Waals surface area contributed by atoms with Gasteiger partial charge in [0.25, 0.3) is 5.91 Å². The lowest BCUT2D eigenvalue weighted by Crippen LogP contribution is -2.21. The van der Waals surface area contributed by atoms with E-state index < -0.39 is 33.3 Å². The highest BCUT2D eigenvalue weighted by molar-refractivity contribution is 7.87. The molecule has 0 radical (unpaired) electrons. The minimum atomic E-state index is -4.23. The highest BCUT2D eigenvalue weighted by Crippen LogP contribution is 2.38. The largest absolute Gasteiger partial charge is 0.504 e. The number of hydrogen-bond acceptors (Lipinski definition) is 6. The van der Waals surface area contributed by atoms with E-state index in [-0.39, 0.29) is 10.5 Å². The van der Waals surface area contributed by atoms with Gasteiger partial charge >= 0.3 is 10.1 Å². The first kappa shape index (κ1) is 17.6. The summed E-state index contributed by atoms with van der Waals surface area (Å²) in [5, 5.41) is 19.6. The summed E-state index contributed by atoms with van der Waals surface area (Å²) in [5.41, 5.74) is 0.845. The Morgan fingerprint density at radius 2 is 1.67 bits per heavy atom. The van der Waals surface area contributed by atoms with Crippen LogP contribution in [0.1, 0.15) is 15.9 Å². The Kier molecular flexibility index (Phi) is 4.70. The average Bonchev–Trinajstić information content (AvgIpc) is 2.51. The molecule has 0 aliphatic carbocycles. The number of rotatable bonds is 4. The van der Waals surface area contributed by atoms with Gasteiger partial charge in [-0.25, -0.2) is 0 Å². The Morgan fingerprint density at radius 3 is 2.21 bits per heavy atom. The summed E-state index contributed by atoms with van der Waals surface area (Å²) in [6.45, 7) is 1.80. The van der Waals surface area contributed by atoms with E-state index in [2.05, 4.69) is 0 Å². The summed E-state index contributed by atoms with van der Waals surface area (Å²) in [6.07, 6.45) is 0. The van der Waals surface area contributed by atoms with Crippen LogP contribution in [0.4, 0.5) is 0 Å². The highest BCUT2D eigenvalue weighted by atomic mass is 32.2. The lowest BCUT2D eigenvalue weighted by Gasteiger charge is -2.14. The van der Waals surface area contributed by atoms with E-state index >= 15 is 0 Å². The van der Waals surface area contributed by atoms with E-state index in [4.69, 9.17) is 4.18 Å². The van der Waals surface area contributed by atoms with Gasteiger partial charge in [0.05, 0.1) is 0 Å². The Morgan fingerprint density at radius 1 is 1.08 bits per heavy atom. The van der Waals surface area contributed by atoms with Crippen molar-refractivity contribution in [3.63, 3.8) is 0 Å². The maximum atomic E-state index is 12.3. The monoisotopic (exact) mass is 351 g/mol. The van der Waals surface area contributed by atoms with Gasteiger partial charge in [0, 0.05) is 19.7 Å². The Labute approximate surface area is 139 Å². The van der Waals surface area contributed by atoms with Gasteiger partial charge in [-0.05, 0) is 31.2 Å². The van der Waals surface area contributed by atoms with Crippen molar-refractivity contribution in [2.75, 3.05) is 14.1 Å². The molecule has 0 unspecified atom stereocenters. The fourth-order valence-corrected chi connectivity index (χ4v) is 2.84. The first-order chi connectivity index (χ1) is 11.1. The molecule has 0 saturated carbocycles. The molecule has 0 fully saturated rings. The molecule has 0 spiro atoms. The van der Waals surface area contributed by atoms with Crippen LogP contribution in [0.2, 0.25) is 0 Å². The Hall–Kier alpha value is -2.74. The molecule has 2 rings (SSSR count). The molecular formula is C16H17NO6S. The molecule has 7 nitrogen and oxygen atoms in total. The van der Waals surface area contributed by atoms with Gasteiger partial charge in [-0.1, -0.05) is 17.7 Å². The minimum absolute atomic E-state index is 0.0237. The van der Waals surface area contributed by atoms with Crippen molar-refractivity contribution in [3.8, 4) is 17.2 Å². The minimum Gasteiger partial charge on any atom is -0.504 e. The van der Waals surface area contributed by atoms with Gasteiger partial charge in [-0.3, -0.25) is 4.79 Å². The molecular weight excluding hydrogens is 334 g/mol. The Bertz CT molecular complexity index is 872. The molecule has 2 aromatic carbocycles. The summed E-state index contributed by atoms with van der Waals surface area (Å²) in [7, 11) is -1.24. The summed E-state index contributed by atoms with van der Waals surface area (Å²) in [4.78, 5) is 13.1. The van der Waals surface area contributed by atoms with Gasteiger partial charge in [0.1, 0.15) is 4.90 Å². The van der Waals surface area contributed by atoms with E-state index in [1.54, 1.807) is 19.1 Å². The zero-order valence-corrected chi connectivity index (χ0v) is 14.2. The standard InChI is InChI=1S/C16H17NO6S/c1-10-4-6-12(7-5-10)24(21,22)23-14-9-11(16(20)17(2)3)8-13(18)15(14)19/h4-9,18-19H,1-3H3.